The fraction of sp³-hybridized carbons (Fsp3) is 1.00. The number of rotatable bonds is 17. The average Bonchev–Trinajstić information content (AvgIpc) is 2.48. The van der Waals surface area contributed by atoms with Crippen molar-refractivity contribution in [2.75, 3.05) is 6.54 Å². The summed E-state index contributed by atoms with van der Waals surface area (Å²) in [4.78, 5) is 0. The Labute approximate surface area is 135 Å². The average molecular weight is 298 g/mol. The maximum absolute atomic E-state index is 5.58. The van der Waals surface area contributed by atoms with Gasteiger partial charge in [0.15, 0.2) is 0 Å². The lowest BCUT2D eigenvalue weighted by Crippen LogP contribution is -2.05. The van der Waals surface area contributed by atoms with Gasteiger partial charge in [0, 0.05) is 0 Å². The summed E-state index contributed by atoms with van der Waals surface area (Å²) < 4.78 is 0. The first-order chi connectivity index (χ1) is 10.3. The fourth-order valence-corrected chi connectivity index (χ4v) is 3.12. The predicted molar refractivity (Wildman–Crippen MR) is 97.8 cm³/mol. The van der Waals surface area contributed by atoms with E-state index in [1.165, 1.54) is 103 Å². The van der Waals surface area contributed by atoms with Crippen LogP contribution in [0.25, 0.3) is 0 Å². The van der Waals surface area contributed by atoms with E-state index in [4.69, 9.17) is 5.73 Å². The molecular weight excluding hydrogens is 254 g/mol. The summed E-state index contributed by atoms with van der Waals surface area (Å²) in [7, 11) is 0. The van der Waals surface area contributed by atoms with Gasteiger partial charge in [-0.15, -0.1) is 0 Å². The monoisotopic (exact) mass is 297 g/mol. The van der Waals surface area contributed by atoms with Crippen molar-refractivity contribution in [2.24, 2.45) is 11.7 Å². The molecule has 0 fully saturated rings. The third-order valence-electron chi connectivity index (χ3n) is 4.71. The van der Waals surface area contributed by atoms with Crippen molar-refractivity contribution in [2.45, 2.75) is 117 Å². The standard InChI is InChI=1S/C20H43N/c1-3-4-5-6-7-8-9-10-11-12-13-14-15-16-17-20(2)18-19-21/h20H,3-19,21H2,1-2H3. The maximum Gasteiger partial charge on any atom is -0.00747 e. The molecule has 21 heavy (non-hydrogen) atoms. The summed E-state index contributed by atoms with van der Waals surface area (Å²) in [6.07, 6.45) is 22.9. The minimum Gasteiger partial charge on any atom is -0.330 e. The summed E-state index contributed by atoms with van der Waals surface area (Å²) in [5.41, 5.74) is 5.58. The molecule has 1 nitrogen and oxygen atoms in total. The zero-order valence-electron chi connectivity index (χ0n) is 15.2. The van der Waals surface area contributed by atoms with E-state index < -0.39 is 0 Å². The van der Waals surface area contributed by atoms with Gasteiger partial charge in [-0.25, -0.2) is 0 Å². The third-order valence-corrected chi connectivity index (χ3v) is 4.71. The maximum atomic E-state index is 5.58. The summed E-state index contributed by atoms with van der Waals surface area (Å²) >= 11 is 0. The summed E-state index contributed by atoms with van der Waals surface area (Å²) in [5.74, 6) is 0.840. The van der Waals surface area contributed by atoms with Gasteiger partial charge < -0.3 is 5.73 Å². The van der Waals surface area contributed by atoms with Gasteiger partial charge in [-0.2, -0.15) is 0 Å². The van der Waals surface area contributed by atoms with E-state index in [-0.39, 0.29) is 0 Å². The molecule has 0 rings (SSSR count). The first-order valence-electron chi connectivity index (χ1n) is 10.0. The molecule has 0 saturated heterocycles. The van der Waals surface area contributed by atoms with E-state index >= 15 is 0 Å². The Morgan fingerprint density at radius 1 is 0.571 bits per heavy atom. The normalized spacial score (nSPS) is 12.7. The molecule has 0 radical (unpaired) electrons. The van der Waals surface area contributed by atoms with Crippen LogP contribution in [0.5, 0.6) is 0 Å². The second kappa shape index (κ2) is 18.0. The molecule has 1 heteroatoms. The molecule has 0 aliphatic rings. The van der Waals surface area contributed by atoms with Gasteiger partial charge in [0.1, 0.15) is 0 Å². The highest BCUT2D eigenvalue weighted by Gasteiger charge is 2.00. The minimum absolute atomic E-state index is 0.840. The predicted octanol–water partition coefficient (Wildman–Crippen LogP) is 6.84. The molecule has 0 bridgehead atoms. The van der Waals surface area contributed by atoms with Crippen molar-refractivity contribution in [3.8, 4) is 0 Å². The van der Waals surface area contributed by atoms with E-state index in [2.05, 4.69) is 13.8 Å². The van der Waals surface area contributed by atoms with Crippen LogP contribution >= 0.6 is 0 Å². The molecule has 0 spiro atoms. The Balaban J connectivity index is 2.99. The molecule has 0 saturated carbocycles. The Morgan fingerprint density at radius 2 is 0.952 bits per heavy atom. The van der Waals surface area contributed by atoms with E-state index in [0.29, 0.717) is 0 Å². The molecule has 0 aliphatic carbocycles. The Kier molecular flexibility index (Phi) is 18.0. The Morgan fingerprint density at radius 3 is 1.33 bits per heavy atom. The Bertz CT molecular complexity index is 179. The topological polar surface area (TPSA) is 26.0 Å². The molecular formula is C20H43N. The van der Waals surface area contributed by atoms with E-state index in [1.807, 2.05) is 0 Å². The first kappa shape index (κ1) is 21.0. The van der Waals surface area contributed by atoms with E-state index in [0.717, 1.165) is 12.5 Å². The zero-order chi connectivity index (χ0) is 15.6. The largest absolute Gasteiger partial charge is 0.330 e. The molecule has 0 aromatic heterocycles. The highest BCUT2D eigenvalue weighted by Crippen LogP contribution is 2.15. The van der Waals surface area contributed by atoms with Crippen LogP contribution < -0.4 is 5.73 Å². The van der Waals surface area contributed by atoms with Gasteiger partial charge in [0.25, 0.3) is 0 Å². The lowest BCUT2D eigenvalue weighted by atomic mass is 9.99. The van der Waals surface area contributed by atoms with Crippen molar-refractivity contribution < 1.29 is 0 Å². The van der Waals surface area contributed by atoms with Crippen molar-refractivity contribution in [3.63, 3.8) is 0 Å². The van der Waals surface area contributed by atoms with Gasteiger partial charge in [-0.3, -0.25) is 0 Å². The van der Waals surface area contributed by atoms with Crippen molar-refractivity contribution in [1.82, 2.24) is 0 Å². The van der Waals surface area contributed by atoms with Crippen molar-refractivity contribution in [3.05, 3.63) is 0 Å². The molecule has 1 atom stereocenters. The minimum atomic E-state index is 0.840. The molecule has 0 aromatic rings. The van der Waals surface area contributed by atoms with Crippen molar-refractivity contribution >= 4 is 0 Å². The van der Waals surface area contributed by atoms with Gasteiger partial charge in [0.2, 0.25) is 0 Å². The highest BCUT2D eigenvalue weighted by molar-refractivity contribution is 4.55. The first-order valence-corrected chi connectivity index (χ1v) is 10.0. The molecule has 0 amide bonds. The second-order valence-corrected chi connectivity index (χ2v) is 7.07. The molecule has 1 unspecified atom stereocenters. The van der Waals surface area contributed by atoms with Gasteiger partial charge in [-0.1, -0.05) is 110 Å². The number of hydrogen-bond donors (Lipinski definition) is 1. The Hall–Kier alpha value is -0.0400. The second-order valence-electron chi connectivity index (χ2n) is 7.07. The van der Waals surface area contributed by atoms with Gasteiger partial charge in [0.05, 0.1) is 0 Å². The lowest BCUT2D eigenvalue weighted by molar-refractivity contribution is 0.458. The van der Waals surface area contributed by atoms with Crippen LogP contribution in [0.3, 0.4) is 0 Å². The quantitative estimate of drug-likeness (QED) is 0.292. The highest BCUT2D eigenvalue weighted by atomic mass is 14.5. The number of unbranched alkanes of at least 4 members (excludes halogenated alkanes) is 13. The fourth-order valence-electron chi connectivity index (χ4n) is 3.12. The van der Waals surface area contributed by atoms with Crippen LogP contribution in [0.2, 0.25) is 0 Å². The van der Waals surface area contributed by atoms with E-state index in [1.54, 1.807) is 0 Å². The molecule has 128 valence electrons. The van der Waals surface area contributed by atoms with Gasteiger partial charge in [-0.05, 0) is 18.9 Å². The summed E-state index contributed by atoms with van der Waals surface area (Å²) in [6.45, 7) is 5.50. The smallest absolute Gasteiger partial charge is 0.00747 e. The number of hydrogen-bond acceptors (Lipinski definition) is 1. The van der Waals surface area contributed by atoms with Crippen LogP contribution in [0.1, 0.15) is 117 Å². The molecule has 0 aliphatic heterocycles. The molecule has 0 aromatic carbocycles. The SMILES string of the molecule is CCCCCCCCCCCCCCCCC(C)CCN. The zero-order valence-corrected chi connectivity index (χ0v) is 15.2. The third kappa shape index (κ3) is 17.9. The molecule has 2 N–H and O–H groups in total. The molecule has 0 heterocycles. The summed E-state index contributed by atoms with van der Waals surface area (Å²) in [5, 5.41) is 0. The summed E-state index contributed by atoms with van der Waals surface area (Å²) in [6, 6.07) is 0. The van der Waals surface area contributed by atoms with Crippen LogP contribution in [0, 0.1) is 5.92 Å². The van der Waals surface area contributed by atoms with Crippen molar-refractivity contribution in [1.29, 1.82) is 0 Å². The lowest BCUT2D eigenvalue weighted by Gasteiger charge is -2.09. The van der Waals surface area contributed by atoms with Gasteiger partial charge >= 0.3 is 0 Å². The van der Waals surface area contributed by atoms with E-state index in [9.17, 15) is 0 Å². The van der Waals surface area contributed by atoms with Crippen LogP contribution in [-0.2, 0) is 0 Å². The number of nitrogens with two attached hydrogens (primary N) is 1. The van der Waals surface area contributed by atoms with Crippen LogP contribution in [0.15, 0.2) is 0 Å². The van der Waals surface area contributed by atoms with Crippen LogP contribution in [0.4, 0.5) is 0 Å². The van der Waals surface area contributed by atoms with Crippen LogP contribution in [-0.4, -0.2) is 6.54 Å².